The predicted molar refractivity (Wildman–Crippen MR) is 76.4 cm³/mol. The number of carbonyl (C=O) groups is 3. The van der Waals surface area contributed by atoms with Gasteiger partial charge in [-0.3, -0.25) is 19.5 Å². The van der Waals surface area contributed by atoms with Crippen molar-refractivity contribution in [1.82, 2.24) is 14.8 Å². The quantitative estimate of drug-likeness (QED) is 0.769. The number of nitrogens with zero attached hydrogens (tertiary/aromatic N) is 3. The fourth-order valence-electron chi connectivity index (χ4n) is 2.94. The number of piperidine rings is 1. The first-order valence-electron chi connectivity index (χ1n) is 7.38. The van der Waals surface area contributed by atoms with Gasteiger partial charge in [-0.1, -0.05) is 0 Å². The van der Waals surface area contributed by atoms with Crippen LogP contribution in [-0.4, -0.2) is 58.4 Å². The van der Waals surface area contributed by atoms with Crippen molar-refractivity contribution in [2.45, 2.75) is 25.8 Å². The second kappa shape index (κ2) is 5.75. The van der Waals surface area contributed by atoms with Crippen molar-refractivity contribution in [2.75, 3.05) is 19.7 Å². The van der Waals surface area contributed by atoms with E-state index in [4.69, 9.17) is 4.74 Å². The van der Waals surface area contributed by atoms with Gasteiger partial charge in [-0.15, -0.1) is 0 Å². The van der Waals surface area contributed by atoms with Gasteiger partial charge in [0.1, 0.15) is 5.69 Å². The Bertz CT molecular complexity index is 588. The van der Waals surface area contributed by atoms with Crippen molar-refractivity contribution in [2.24, 2.45) is 0 Å². The van der Waals surface area contributed by atoms with Crippen molar-refractivity contribution in [3.8, 4) is 0 Å². The summed E-state index contributed by atoms with van der Waals surface area (Å²) in [6, 6.07) is 3.08. The molecule has 2 aliphatic rings. The zero-order valence-electron chi connectivity index (χ0n) is 12.3. The van der Waals surface area contributed by atoms with E-state index in [2.05, 4.69) is 4.98 Å². The minimum atomic E-state index is -0.343. The molecule has 3 rings (SSSR count). The maximum atomic E-state index is 12.4. The molecule has 0 bridgehead atoms. The van der Waals surface area contributed by atoms with E-state index in [0.717, 1.165) is 0 Å². The SMILES string of the molecule is CCOC(=O)N1CCC(N2C(=O)c3cccnc3C2=O)CC1. The fourth-order valence-corrected chi connectivity index (χ4v) is 2.94. The lowest BCUT2D eigenvalue weighted by molar-refractivity contribution is 0.0483. The Kier molecular flexibility index (Phi) is 3.79. The summed E-state index contributed by atoms with van der Waals surface area (Å²) in [4.78, 5) is 43.3. The van der Waals surface area contributed by atoms with Gasteiger partial charge in [0.05, 0.1) is 12.2 Å². The van der Waals surface area contributed by atoms with Crippen molar-refractivity contribution in [3.05, 3.63) is 29.6 Å². The predicted octanol–water partition coefficient (Wildman–Crippen LogP) is 1.30. The van der Waals surface area contributed by atoms with Gasteiger partial charge in [-0.25, -0.2) is 4.79 Å². The molecule has 0 aromatic carbocycles. The topological polar surface area (TPSA) is 79.8 Å². The average molecular weight is 303 g/mol. The molecule has 2 aliphatic heterocycles. The minimum Gasteiger partial charge on any atom is -0.450 e. The van der Waals surface area contributed by atoms with Crippen LogP contribution in [0.1, 0.15) is 40.6 Å². The van der Waals surface area contributed by atoms with E-state index in [0.29, 0.717) is 38.1 Å². The number of aromatic nitrogens is 1. The van der Waals surface area contributed by atoms with E-state index in [1.165, 1.54) is 11.1 Å². The number of ether oxygens (including phenoxy) is 1. The highest BCUT2D eigenvalue weighted by molar-refractivity contribution is 6.20. The first-order chi connectivity index (χ1) is 10.6. The van der Waals surface area contributed by atoms with Gasteiger partial charge in [0.15, 0.2) is 0 Å². The maximum Gasteiger partial charge on any atom is 0.409 e. The van der Waals surface area contributed by atoms with Gasteiger partial charge in [0, 0.05) is 25.3 Å². The normalized spacial score (nSPS) is 18.6. The highest BCUT2D eigenvalue weighted by Gasteiger charge is 2.42. The molecule has 0 unspecified atom stereocenters. The third kappa shape index (κ3) is 2.32. The van der Waals surface area contributed by atoms with Crippen LogP contribution in [0.15, 0.2) is 18.3 Å². The van der Waals surface area contributed by atoms with Crippen LogP contribution in [0.4, 0.5) is 4.79 Å². The van der Waals surface area contributed by atoms with Gasteiger partial charge in [-0.2, -0.15) is 0 Å². The average Bonchev–Trinajstić information content (AvgIpc) is 2.80. The second-order valence-corrected chi connectivity index (χ2v) is 5.30. The Morgan fingerprint density at radius 2 is 2.05 bits per heavy atom. The van der Waals surface area contributed by atoms with Gasteiger partial charge < -0.3 is 9.64 Å². The number of fused-ring (bicyclic) bond motifs is 1. The Morgan fingerprint density at radius 3 is 2.68 bits per heavy atom. The summed E-state index contributed by atoms with van der Waals surface area (Å²) >= 11 is 0. The molecule has 7 nitrogen and oxygen atoms in total. The summed E-state index contributed by atoms with van der Waals surface area (Å²) in [6.45, 7) is 3.05. The molecule has 0 aliphatic carbocycles. The second-order valence-electron chi connectivity index (χ2n) is 5.30. The van der Waals surface area contributed by atoms with Gasteiger partial charge in [0.25, 0.3) is 11.8 Å². The van der Waals surface area contributed by atoms with E-state index in [1.54, 1.807) is 24.0 Å². The highest BCUT2D eigenvalue weighted by atomic mass is 16.6. The fraction of sp³-hybridized carbons (Fsp3) is 0.467. The molecule has 1 aromatic rings. The van der Waals surface area contributed by atoms with Crippen molar-refractivity contribution in [1.29, 1.82) is 0 Å². The van der Waals surface area contributed by atoms with Crippen LogP contribution in [0.2, 0.25) is 0 Å². The molecule has 0 spiro atoms. The summed E-state index contributed by atoms with van der Waals surface area (Å²) in [5, 5.41) is 0. The molecule has 1 saturated heterocycles. The van der Waals surface area contributed by atoms with Crippen LogP contribution in [0, 0.1) is 0 Å². The first-order valence-corrected chi connectivity index (χ1v) is 7.38. The Balaban J connectivity index is 1.69. The van der Waals surface area contributed by atoms with Crippen molar-refractivity contribution in [3.63, 3.8) is 0 Å². The number of hydrogen-bond donors (Lipinski definition) is 0. The Hall–Kier alpha value is -2.44. The molecule has 3 heterocycles. The number of rotatable bonds is 2. The van der Waals surface area contributed by atoms with Crippen molar-refractivity contribution >= 4 is 17.9 Å². The van der Waals surface area contributed by atoms with Crippen LogP contribution < -0.4 is 0 Å². The van der Waals surface area contributed by atoms with E-state index in [9.17, 15) is 14.4 Å². The van der Waals surface area contributed by atoms with E-state index < -0.39 is 0 Å². The van der Waals surface area contributed by atoms with Crippen LogP contribution in [0.25, 0.3) is 0 Å². The monoisotopic (exact) mass is 303 g/mol. The van der Waals surface area contributed by atoms with Crippen LogP contribution >= 0.6 is 0 Å². The lowest BCUT2D eigenvalue weighted by Crippen LogP contribution is -2.48. The highest BCUT2D eigenvalue weighted by Crippen LogP contribution is 2.27. The number of hydrogen-bond acceptors (Lipinski definition) is 5. The van der Waals surface area contributed by atoms with Crippen molar-refractivity contribution < 1.29 is 19.1 Å². The molecular formula is C15H17N3O4. The lowest BCUT2D eigenvalue weighted by atomic mass is 10.0. The van der Waals surface area contributed by atoms with E-state index >= 15 is 0 Å². The van der Waals surface area contributed by atoms with E-state index in [1.807, 2.05) is 0 Å². The number of imide groups is 1. The van der Waals surface area contributed by atoms with Crippen LogP contribution in [0.5, 0.6) is 0 Å². The molecule has 0 saturated carbocycles. The smallest absolute Gasteiger partial charge is 0.409 e. The number of pyridine rings is 1. The number of likely N-dealkylation sites (tertiary alicyclic amines) is 1. The Morgan fingerprint density at radius 1 is 1.32 bits per heavy atom. The van der Waals surface area contributed by atoms with Crippen LogP contribution in [0.3, 0.4) is 0 Å². The van der Waals surface area contributed by atoms with E-state index in [-0.39, 0.29) is 29.6 Å². The zero-order valence-corrected chi connectivity index (χ0v) is 12.3. The zero-order chi connectivity index (χ0) is 15.7. The summed E-state index contributed by atoms with van der Waals surface area (Å²) in [5.41, 5.74) is 0.584. The van der Waals surface area contributed by atoms with Gasteiger partial charge >= 0.3 is 6.09 Å². The third-order valence-electron chi connectivity index (χ3n) is 4.03. The third-order valence-corrected chi connectivity index (χ3v) is 4.03. The summed E-state index contributed by atoms with van der Waals surface area (Å²) in [7, 11) is 0. The Labute approximate surface area is 127 Å². The molecule has 22 heavy (non-hydrogen) atoms. The lowest BCUT2D eigenvalue weighted by Gasteiger charge is -2.34. The standard InChI is InChI=1S/C15H17N3O4/c1-2-22-15(21)17-8-5-10(6-9-17)18-13(19)11-4-3-7-16-12(11)14(18)20/h3-4,7,10H,2,5-6,8-9H2,1H3. The molecular weight excluding hydrogens is 286 g/mol. The van der Waals surface area contributed by atoms with Gasteiger partial charge in [0.2, 0.25) is 0 Å². The first kappa shape index (κ1) is 14.5. The molecule has 7 heteroatoms. The summed E-state index contributed by atoms with van der Waals surface area (Å²) in [5.74, 6) is -0.627. The molecule has 1 aromatic heterocycles. The molecule has 116 valence electrons. The largest absolute Gasteiger partial charge is 0.450 e. The summed E-state index contributed by atoms with van der Waals surface area (Å²) in [6.07, 6.45) is 2.29. The molecule has 0 radical (unpaired) electrons. The molecule has 3 amide bonds. The number of amides is 3. The molecule has 0 N–H and O–H groups in total. The number of carbonyl (C=O) groups excluding carboxylic acids is 3. The maximum absolute atomic E-state index is 12.4. The molecule has 0 atom stereocenters. The molecule has 1 fully saturated rings. The van der Waals surface area contributed by atoms with Crippen LogP contribution in [-0.2, 0) is 4.74 Å². The summed E-state index contributed by atoms with van der Waals surface area (Å²) < 4.78 is 4.96. The minimum absolute atomic E-state index is 0.195. The van der Waals surface area contributed by atoms with Gasteiger partial charge in [-0.05, 0) is 31.9 Å².